The zero-order chi connectivity index (χ0) is 12.8. The van der Waals surface area contributed by atoms with Gasteiger partial charge in [-0.15, -0.1) is 0 Å². The van der Waals surface area contributed by atoms with Crippen LogP contribution in [-0.4, -0.2) is 39.3 Å². The summed E-state index contributed by atoms with van der Waals surface area (Å²) in [5, 5.41) is 16.0. The lowest BCUT2D eigenvalue weighted by Gasteiger charge is -2.15. The molecule has 1 aromatic rings. The molecule has 1 heterocycles. The van der Waals surface area contributed by atoms with Crippen molar-refractivity contribution in [3.8, 4) is 0 Å². The molecule has 0 aliphatic rings. The minimum atomic E-state index is 0.214. The van der Waals surface area contributed by atoms with Gasteiger partial charge in [0, 0.05) is 13.1 Å². The van der Waals surface area contributed by atoms with E-state index in [-0.39, 0.29) is 5.84 Å². The Kier molecular flexibility index (Phi) is 4.96. The maximum atomic E-state index is 8.51. The molecule has 0 radical (unpaired) electrons. The second-order valence-corrected chi connectivity index (χ2v) is 4.06. The van der Waals surface area contributed by atoms with Gasteiger partial charge in [0.05, 0.1) is 17.9 Å². The van der Waals surface area contributed by atoms with Crippen molar-refractivity contribution in [2.24, 2.45) is 10.9 Å². The highest BCUT2D eigenvalue weighted by Gasteiger charge is 2.09. The van der Waals surface area contributed by atoms with Gasteiger partial charge in [-0.25, -0.2) is 0 Å². The summed E-state index contributed by atoms with van der Waals surface area (Å²) in [5.74, 6) is 0.214. The molecule has 3 N–H and O–H groups in total. The van der Waals surface area contributed by atoms with Crippen molar-refractivity contribution in [2.45, 2.75) is 33.4 Å². The summed E-state index contributed by atoms with van der Waals surface area (Å²) in [7, 11) is 1.93. The normalized spacial score (nSPS) is 12.4. The van der Waals surface area contributed by atoms with Gasteiger partial charge in [0.25, 0.3) is 0 Å². The predicted octanol–water partition coefficient (Wildman–Crippen LogP) is 0.644. The molecule has 0 unspecified atom stereocenters. The summed E-state index contributed by atoms with van der Waals surface area (Å²) in [6.07, 6.45) is 0.934. The first kappa shape index (κ1) is 13.5. The van der Waals surface area contributed by atoms with E-state index in [1.165, 1.54) is 0 Å². The van der Waals surface area contributed by atoms with Crippen LogP contribution < -0.4 is 5.73 Å². The first-order chi connectivity index (χ1) is 8.10. The summed E-state index contributed by atoms with van der Waals surface area (Å²) < 4.78 is 1.99. The van der Waals surface area contributed by atoms with E-state index in [9.17, 15) is 0 Å². The number of aryl methyl sites for hydroxylation is 2. The fraction of sp³-hybridized carbons (Fsp3) is 0.636. The van der Waals surface area contributed by atoms with Crippen LogP contribution in [0.15, 0.2) is 11.2 Å². The van der Waals surface area contributed by atoms with Crippen LogP contribution in [0.1, 0.15) is 25.2 Å². The lowest BCUT2D eigenvalue weighted by molar-refractivity contribution is 0.306. The van der Waals surface area contributed by atoms with Gasteiger partial charge in [0.2, 0.25) is 0 Å². The van der Waals surface area contributed by atoms with E-state index in [1.54, 1.807) is 0 Å². The molecule has 1 rings (SSSR count). The van der Waals surface area contributed by atoms with Crippen molar-refractivity contribution in [3.63, 3.8) is 0 Å². The third kappa shape index (κ3) is 3.74. The molecule has 1 aromatic heterocycles. The molecule has 0 bridgehead atoms. The number of hydrogen-bond donors (Lipinski definition) is 2. The zero-order valence-electron chi connectivity index (χ0n) is 10.7. The Bertz CT molecular complexity index is 385. The maximum absolute atomic E-state index is 8.51. The van der Waals surface area contributed by atoms with Gasteiger partial charge in [-0.3, -0.25) is 9.58 Å². The van der Waals surface area contributed by atoms with Gasteiger partial charge >= 0.3 is 0 Å². The van der Waals surface area contributed by atoms with E-state index in [4.69, 9.17) is 10.9 Å². The Morgan fingerprint density at radius 1 is 1.59 bits per heavy atom. The van der Waals surface area contributed by atoms with Gasteiger partial charge in [0.1, 0.15) is 0 Å². The second-order valence-electron chi connectivity index (χ2n) is 4.06. The van der Waals surface area contributed by atoms with Crippen molar-refractivity contribution >= 4 is 5.84 Å². The summed E-state index contributed by atoms with van der Waals surface area (Å²) in [5.41, 5.74) is 7.71. The van der Waals surface area contributed by atoms with Crippen LogP contribution in [0.2, 0.25) is 0 Å². The molecule has 6 heteroatoms. The van der Waals surface area contributed by atoms with Crippen LogP contribution in [0.5, 0.6) is 0 Å². The number of nitrogens with zero attached hydrogens (tertiary/aromatic N) is 4. The van der Waals surface area contributed by atoms with Gasteiger partial charge in [0.15, 0.2) is 5.84 Å². The second kappa shape index (κ2) is 6.24. The lowest BCUT2D eigenvalue weighted by Crippen LogP contribution is -2.31. The number of rotatable bonds is 6. The first-order valence-electron chi connectivity index (χ1n) is 5.81. The predicted molar refractivity (Wildman–Crippen MR) is 67.0 cm³/mol. The number of amidine groups is 1. The third-order valence-electron chi connectivity index (χ3n) is 2.57. The molecule has 0 saturated heterocycles. The van der Waals surface area contributed by atoms with Gasteiger partial charge in [-0.1, -0.05) is 12.1 Å². The van der Waals surface area contributed by atoms with E-state index in [0.717, 1.165) is 30.9 Å². The average Bonchev–Trinajstić information content (AvgIpc) is 2.70. The fourth-order valence-corrected chi connectivity index (χ4v) is 1.73. The molecule has 0 spiro atoms. The number of likely N-dealkylation sites (N-methyl/N-ethyl adjacent to an activating group) is 1. The zero-order valence-corrected chi connectivity index (χ0v) is 10.7. The Labute approximate surface area is 102 Å². The van der Waals surface area contributed by atoms with Crippen LogP contribution in [0, 0.1) is 0 Å². The highest BCUT2D eigenvalue weighted by Crippen LogP contribution is 2.08. The Balaban J connectivity index is 2.69. The van der Waals surface area contributed by atoms with Crippen molar-refractivity contribution in [2.75, 3.05) is 13.6 Å². The van der Waals surface area contributed by atoms with Gasteiger partial charge in [-0.2, -0.15) is 5.10 Å². The lowest BCUT2D eigenvalue weighted by atomic mass is 10.3. The topological polar surface area (TPSA) is 79.7 Å². The molecule has 6 nitrogen and oxygen atoms in total. The summed E-state index contributed by atoms with van der Waals surface area (Å²) >= 11 is 0. The minimum Gasteiger partial charge on any atom is -0.409 e. The van der Waals surface area contributed by atoms with Crippen molar-refractivity contribution in [3.05, 3.63) is 17.5 Å². The molecular weight excluding hydrogens is 218 g/mol. The summed E-state index contributed by atoms with van der Waals surface area (Å²) in [4.78, 5) is 1.98. The van der Waals surface area contributed by atoms with E-state index in [0.29, 0.717) is 6.54 Å². The summed E-state index contributed by atoms with van der Waals surface area (Å²) in [6.45, 7) is 6.18. The Hall–Kier alpha value is -1.56. The number of oxime groups is 1. The maximum Gasteiger partial charge on any atom is 0.153 e. The molecule has 0 fully saturated rings. The van der Waals surface area contributed by atoms with Crippen LogP contribution in [0.4, 0.5) is 0 Å². The van der Waals surface area contributed by atoms with E-state index >= 15 is 0 Å². The number of aromatic nitrogens is 2. The van der Waals surface area contributed by atoms with Crippen molar-refractivity contribution < 1.29 is 5.21 Å². The molecule has 0 aromatic carbocycles. The summed E-state index contributed by atoms with van der Waals surface area (Å²) in [6, 6.07) is 2.10. The first-order valence-corrected chi connectivity index (χ1v) is 5.81. The Morgan fingerprint density at radius 3 is 2.82 bits per heavy atom. The number of nitrogens with two attached hydrogens (primary N) is 1. The Morgan fingerprint density at radius 2 is 2.29 bits per heavy atom. The van der Waals surface area contributed by atoms with Crippen LogP contribution in [0.3, 0.4) is 0 Å². The van der Waals surface area contributed by atoms with Crippen LogP contribution in [0.25, 0.3) is 0 Å². The van der Waals surface area contributed by atoms with E-state index < -0.39 is 0 Å². The minimum absolute atomic E-state index is 0.214. The standard InChI is InChI=1S/C11H21N5O/c1-4-9-6-10(16(5-2)13-9)7-15(3)8-11(12)14-17/h6,17H,4-5,7-8H2,1-3H3,(H2,12,14). The highest BCUT2D eigenvalue weighted by molar-refractivity contribution is 5.81. The molecule has 0 aliphatic carbocycles. The molecule has 0 amide bonds. The average molecular weight is 239 g/mol. The highest BCUT2D eigenvalue weighted by atomic mass is 16.4. The monoisotopic (exact) mass is 239 g/mol. The van der Waals surface area contributed by atoms with E-state index in [1.807, 2.05) is 16.6 Å². The fourth-order valence-electron chi connectivity index (χ4n) is 1.73. The van der Waals surface area contributed by atoms with Crippen LogP contribution >= 0.6 is 0 Å². The molecule has 0 atom stereocenters. The molecule has 96 valence electrons. The quantitative estimate of drug-likeness (QED) is 0.330. The van der Waals surface area contributed by atoms with Crippen molar-refractivity contribution in [1.82, 2.24) is 14.7 Å². The van der Waals surface area contributed by atoms with Crippen molar-refractivity contribution in [1.29, 1.82) is 0 Å². The SMILES string of the molecule is CCc1cc(CN(C)CC(N)=NO)n(CC)n1. The largest absolute Gasteiger partial charge is 0.409 e. The van der Waals surface area contributed by atoms with Gasteiger partial charge in [-0.05, 0) is 26.5 Å². The molecule has 0 aliphatic heterocycles. The third-order valence-corrected chi connectivity index (χ3v) is 2.57. The molecule has 17 heavy (non-hydrogen) atoms. The van der Waals surface area contributed by atoms with E-state index in [2.05, 4.69) is 30.2 Å². The number of hydrogen-bond acceptors (Lipinski definition) is 4. The molecular formula is C11H21N5O. The smallest absolute Gasteiger partial charge is 0.153 e. The molecule has 0 saturated carbocycles. The van der Waals surface area contributed by atoms with Crippen LogP contribution in [-0.2, 0) is 19.5 Å². The van der Waals surface area contributed by atoms with Gasteiger partial charge < -0.3 is 10.9 Å².